The van der Waals surface area contributed by atoms with E-state index >= 15 is 0 Å². The van der Waals surface area contributed by atoms with Gasteiger partial charge in [0.05, 0.1) is 13.2 Å². The molecule has 77 valence electrons. The van der Waals surface area contributed by atoms with Gasteiger partial charge in [-0.15, -0.1) is 0 Å². The van der Waals surface area contributed by atoms with Crippen LogP contribution in [0.4, 0.5) is 0 Å². The molecule has 1 aliphatic heterocycles. The lowest BCUT2D eigenvalue weighted by Crippen LogP contribution is -2.36. The molecule has 2 nitrogen and oxygen atoms in total. The van der Waals surface area contributed by atoms with Crippen LogP contribution in [0.15, 0.2) is 0 Å². The molecular formula is C11H22NO. The Labute approximate surface area is 82.3 Å². The molecule has 1 heterocycles. The summed E-state index contributed by atoms with van der Waals surface area (Å²) in [5.74, 6) is 0. The summed E-state index contributed by atoms with van der Waals surface area (Å²) in [5.41, 5.74) is 0. The largest absolute Gasteiger partial charge is 0.379 e. The molecule has 13 heavy (non-hydrogen) atoms. The molecule has 0 saturated carbocycles. The van der Waals surface area contributed by atoms with Crippen molar-refractivity contribution in [1.82, 2.24) is 4.90 Å². The Morgan fingerprint density at radius 3 is 2.38 bits per heavy atom. The van der Waals surface area contributed by atoms with Gasteiger partial charge in [-0.2, -0.15) is 0 Å². The van der Waals surface area contributed by atoms with E-state index in [1.54, 1.807) is 0 Å². The molecule has 0 spiro atoms. The Morgan fingerprint density at radius 2 is 1.69 bits per heavy atom. The van der Waals surface area contributed by atoms with Gasteiger partial charge >= 0.3 is 0 Å². The number of ether oxygens (including phenoxy) is 1. The average Bonchev–Trinajstić information content (AvgIpc) is 2.19. The zero-order chi connectivity index (χ0) is 9.36. The summed E-state index contributed by atoms with van der Waals surface area (Å²) < 4.78 is 5.29. The van der Waals surface area contributed by atoms with E-state index in [1.807, 2.05) is 0 Å². The van der Waals surface area contributed by atoms with E-state index in [0.717, 1.165) is 32.7 Å². The van der Waals surface area contributed by atoms with Crippen LogP contribution in [0.25, 0.3) is 0 Å². The van der Waals surface area contributed by atoms with E-state index in [-0.39, 0.29) is 0 Å². The van der Waals surface area contributed by atoms with Crippen molar-refractivity contribution in [2.75, 3.05) is 32.8 Å². The van der Waals surface area contributed by atoms with Gasteiger partial charge in [0, 0.05) is 13.1 Å². The molecule has 0 aromatic heterocycles. The first kappa shape index (κ1) is 11.0. The summed E-state index contributed by atoms with van der Waals surface area (Å²) in [7, 11) is 0. The van der Waals surface area contributed by atoms with Crippen molar-refractivity contribution in [3.05, 3.63) is 6.92 Å². The molecule has 1 rings (SSSR count). The zero-order valence-electron chi connectivity index (χ0n) is 8.63. The fourth-order valence-electron chi connectivity index (χ4n) is 1.69. The van der Waals surface area contributed by atoms with Gasteiger partial charge in [-0.1, -0.05) is 32.6 Å². The number of nitrogens with zero attached hydrogens (tertiary/aromatic N) is 1. The van der Waals surface area contributed by atoms with Gasteiger partial charge in [-0.3, -0.25) is 4.90 Å². The third kappa shape index (κ3) is 5.27. The molecule has 0 aromatic rings. The smallest absolute Gasteiger partial charge is 0.0594 e. The Hall–Kier alpha value is -0.0800. The summed E-state index contributed by atoms with van der Waals surface area (Å²) in [6, 6.07) is 0. The minimum Gasteiger partial charge on any atom is -0.379 e. The average molecular weight is 184 g/mol. The second-order valence-corrected chi connectivity index (χ2v) is 3.72. The highest BCUT2D eigenvalue weighted by Crippen LogP contribution is 2.04. The Bertz CT molecular complexity index is 111. The van der Waals surface area contributed by atoms with Crippen LogP contribution in [0.3, 0.4) is 0 Å². The van der Waals surface area contributed by atoms with Gasteiger partial charge in [0.15, 0.2) is 0 Å². The number of morpholine rings is 1. The molecule has 0 bridgehead atoms. The van der Waals surface area contributed by atoms with Crippen LogP contribution in [0.1, 0.15) is 32.1 Å². The minimum absolute atomic E-state index is 0.929. The van der Waals surface area contributed by atoms with Crippen LogP contribution >= 0.6 is 0 Å². The van der Waals surface area contributed by atoms with Gasteiger partial charge in [-0.05, 0) is 13.0 Å². The van der Waals surface area contributed by atoms with Crippen molar-refractivity contribution in [2.45, 2.75) is 32.1 Å². The van der Waals surface area contributed by atoms with E-state index in [4.69, 9.17) is 4.74 Å². The first-order valence-corrected chi connectivity index (χ1v) is 5.53. The number of rotatable bonds is 6. The molecule has 0 N–H and O–H groups in total. The van der Waals surface area contributed by atoms with E-state index in [1.165, 1.54) is 32.2 Å². The first-order chi connectivity index (χ1) is 6.43. The van der Waals surface area contributed by atoms with Crippen molar-refractivity contribution in [2.24, 2.45) is 0 Å². The van der Waals surface area contributed by atoms with Gasteiger partial charge in [0.2, 0.25) is 0 Å². The standard InChI is InChI=1S/C11H22NO/c1-2-3-4-5-6-7-12-8-10-13-11-9-12/h1-11H2. The van der Waals surface area contributed by atoms with E-state index < -0.39 is 0 Å². The Morgan fingerprint density at radius 1 is 1.00 bits per heavy atom. The summed E-state index contributed by atoms with van der Waals surface area (Å²) in [6.45, 7) is 9.24. The lowest BCUT2D eigenvalue weighted by atomic mass is 10.1. The van der Waals surface area contributed by atoms with Crippen LogP contribution < -0.4 is 0 Å². The molecule has 2 heteroatoms. The molecule has 0 aliphatic carbocycles. The van der Waals surface area contributed by atoms with Crippen molar-refractivity contribution >= 4 is 0 Å². The van der Waals surface area contributed by atoms with Crippen molar-refractivity contribution < 1.29 is 4.74 Å². The first-order valence-electron chi connectivity index (χ1n) is 5.53. The van der Waals surface area contributed by atoms with E-state index in [9.17, 15) is 0 Å². The zero-order valence-corrected chi connectivity index (χ0v) is 8.63. The molecule has 1 saturated heterocycles. The molecular weight excluding hydrogens is 162 g/mol. The highest BCUT2D eigenvalue weighted by atomic mass is 16.5. The minimum atomic E-state index is 0.929. The predicted molar refractivity (Wildman–Crippen MR) is 55.7 cm³/mol. The maximum absolute atomic E-state index is 5.29. The molecule has 0 atom stereocenters. The molecule has 0 unspecified atom stereocenters. The monoisotopic (exact) mass is 184 g/mol. The summed E-state index contributed by atoms with van der Waals surface area (Å²) in [5, 5.41) is 0. The number of hydrogen-bond acceptors (Lipinski definition) is 2. The maximum Gasteiger partial charge on any atom is 0.0594 e. The summed E-state index contributed by atoms with van der Waals surface area (Å²) in [4.78, 5) is 2.51. The molecule has 1 fully saturated rings. The van der Waals surface area contributed by atoms with Gasteiger partial charge in [-0.25, -0.2) is 0 Å². The predicted octanol–water partition coefficient (Wildman–Crippen LogP) is 2.10. The van der Waals surface area contributed by atoms with Crippen LogP contribution in [0, 0.1) is 6.92 Å². The summed E-state index contributed by atoms with van der Waals surface area (Å²) >= 11 is 0. The second kappa shape index (κ2) is 7.34. The second-order valence-electron chi connectivity index (χ2n) is 3.72. The molecule has 1 radical (unpaired) electrons. The quantitative estimate of drug-likeness (QED) is 0.586. The highest BCUT2D eigenvalue weighted by Gasteiger charge is 2.08. The lowest BCUT2D eigenvalue weighted by Gasteiger charge is -2.26. The van der Waals surface area contributed by atoms with Crippen molar-refractivity contribution in [1.29, 1.82) is 0 Å². The lowest BCUT2D eigenvalue weighted by molar-refractivity contribution is 0.0371. The van der Waals surface area contributed by atoms with Gasteiger partial charge in [0.25, 0.3) is 0 Å². The van der Waals surface area contributed by atoms with Gasteiger partial charge in [0.1, 0.15) is 0 Å². The Kier molecular flexibility index (Phi) is 6.21. The number of unbranched alkanes of at least 4 members (excludes halogenated alkanes) is 4. The summed E-state index contributed by atoms with van der Waals surface area (Å²) in [6.07, 6.45) is 6.46. The third-order valence-electron chi connectivity index (χ3n) is 2.58. The third-order valence-corrected chi connectivity index (χ3v) is 2.58. The topological polar surface area (TPSA) is 12.5 Å². The molecule has 0 aromatic carbocycles. The fourth-order valence-corrected chi connectivity index (χ4v) is 1.69. The van der Waals surface area contributed by atoms with Crippen LogP contribution in [0.2, 0.25) is 0 Å². The van der Waals surface area contributed by atoms with Crippen LogP contribution in [-0.4, -0.2) is 37.7 Å². The normalized spacial score (nSPS) is 19.2. The highest BCUT2D eigenvalue weighted by molar-refractivity contribution is 4.61. The fraction of sp³-hybridized carbons (Fsp3) is 0.909. The van der Waals surface area contributed by atoms with E-state index in [0.29, 0.717) is 0 Å². The van der Waals surface area contributed by atoms with Crippen molar-refractivity contribution in [3.8, 4) is 0 Å². The molecule has 0 amide bonds. The Balaban J connectivity index is 1.86. The SMILES string of the molecule is [CH2]CCCCCCN1CCOCC1. The van der Waals surface area contributed by atoms with E-state index in [2.05, 4.69) is 11.8 Å². The number of hydrogen-bond donors (Lipinski definition) is 0. The van der Waals surface area contributed by atoms with Crippen LogP contribution in [-0.2, 0) is 4.74 Å². The van der Waals surface area contributed by atoms with Gasteiger partial charge < -0.3 is 4.74 Å². The molecule has 1 aliphatic rings. The van der Waals surface area contributed by atoms with Crippen LogP contribution in [0.5, 0.6) is 0 Å². The van der Waals surface area contributed by atoms with Crippen molar-refractivity contribution in [3.63, 3.8) is 0 Å². The maximum atomic E-state index is 5.29.